The Morgan fingerprint density at radius 2 is 2.13 bits per heavy atom. The zero-order valence-electron chi connectivity index (χ0n) is 13.6. The number of amides is 1. The van der Waals surface area contributed by atoms with E-state index in [-0.39, 0.29) is 24.4 Å². The smallest absolute Gasteiger partial charge is 0.250 e. The molecule has 1 unspecified atom stereocenters. The molecule has 1 aromatic carbocycles. The van der Waals surface area contributed by atoms with Gasteiger partial charge >= 0.3 is 0 Å². The van der Waals surface area contributed by atoms with Crippen LogP contribution in [0.15, 0.2) is 18.2 Å². The van der Waals surface area contributed by atoms with Crippen LogP contribution in [0, 0.1) is 0 Å². The summed E-state index contributed by atoms with van der Waals surface area (Å²) in [4.78, 5) is 11.9. The second-order valence-corrected chi connectivity index (χ2v) is 5.15. The molecular formula is C16H25ClN2O4. The van der Waals surface area contributed by atoms with Gasteiger partial charge < -0.3 is 24.8 Å². The highest BCUT2D eigenvalue weighted by molar-refractivity contribution is 5.85. The number of morpholine rings is 1. The van der Waals surface area contributed by atoms with Gasteiger partial charge in [-0.05, 0) is 30.5 Å². The van der Waals surface area contributed by atoms with Gasteiger partial charge in [0.15, 0.2) is 11.5 Å². The zero-order chi connectivity index (χ0) is 15.8. The number of hydrogen-bond donors (Lipinski definition) is 2. The molecule has 2 N–H and O–H groups in total. The van der Waals surface area contributed by atoms with Gasteiger partial charge in [-0.1, -0.05) is 6.07 Å². The minimum Gasteiger partial charge on any atom is -0.493 e. The Morgan fingerprint density at radius 1 is 1.35 bits per heavy atom. The quantitative estimate of drug-likeness (QED) is 0.727. The van der Waals surface area contributed by atoms with E-state index < -0.39 is 0 Å². The molecule has 130 valence electrons. The summed E-state index contributed by atoms with van der Waals surface area (Å²) in [7, 11) is 3.25. The molecule has 1 aromatic rings. The number of nitrogens with one attached hydrogen (secondary N) is 2. The fourth-order valence-corrected chi connectivity index (χ4v) is 2.39. The Morgan fingerprint density at radius 3 is 2.78 bits per heavy atom. The van der Waals surface area contributed by atoms with Crippen LogP contribution in [0.25, 0.3) is 0 Å². The van der Waals surface area contributed by atoms with Gasteiger partial charge in [0.25, 0.3) is 0 Å². The first kappa shape index (κ1) is 19.5. The number of benzene rings is 1. The van der Waals surface area contributed by atoms with Gasteiger partial charge in [0, 0.05) is 19.6 Å². The van der Waals surface area contributed by atoms with E-state index in [4.69, 9.17) is 14.2 Å². The summed E-state index contributed by atoms with van der Waals surface area (Å²) < 4.78 is 15.9. The zero-order valence-corrected chi connectivity index (χ0v) is 14.4. The number of methoxy groups -OCH3 is 2. The lowest BCUT2D eigenvalue weighted by atomic mass is 10.1. The molecule has 0 bridgehead atoms. The molecule has 1 amide bonds. The van der Waals surface area contributed by atoms with Crippen LogP contribution < -0.4 is 20.1 Å². The number of halogens is 1. The predicted molar refractivity (Wildman–Crippen MR) is 90.7 cm³/mol. The molecule has 2 rings (SSSR count). The highest BCUT2D eigenvalue weighted by Crippen LogP contribution is 2.27. The largest absolute Gasteiger partial charge is 0.493 e. The molecule has 1 saturated heterocycles. The molecule has 0 aliphatic carbocycles. The average molecular weight is 345 g/mol. The van der Waals surface area contributed by atoms with Crippen molar-refractivity contribution < 1.29 is 19.0 Å². The number of ether oxygens (including phenoxy) is 3. The molecule has 0 spiro atoms. The summed E-state index contributed by atoms with van der Waals surface area (Å²) in [5, 5.41) is 6.06. The minimum atomic E-state index is -0.366. The molecule has 0 radical (unpaired) electrons. The van der Waals surface area contributed by atoms with Crippen molar-refractivity contribution in [3.05, 3.63) is 23.8 Å². The standard InChI is InChI=1S/C16H24N2O4.ClH/c1-20-13-6-5-12(10-14(13)21-2)4-3-7-18-16(19)15-11-17-8-9-22-15;/h5-6,10,15,17H,3-4,7-9,11H2,1-2H3,(H,18,19);1H. The van der Waals surface area contributed by atoms with E-state index in [0.717, 1.165) is 36.4 Å². The maximum atomic E-state index is 11.9. The second-order valence-electron chi connectivity index (χ2n) is 5.15. The topological polar surface area (TPSA) is 68.8 Å². The lowest BCUT2D eigenvalue weighted by Gasteiger charge is -2.22. The number of rotatable bonds is 7. The lowest BCUT2D eigenvalue weighted by molar-refractivity contribution is -0.134. The third-order valence-electron chi connectivity index (χ3n) is 3.61. The van der Waals surface area contributed by atoms with Crippen molar-refractivity contribution in [3.8, 4) is 11.5 Å². The number of aryl methyl sites for hydroxylation is 1. The molecule has 1 aliphatic heterocycles. The van der Waals surface area contributed by atoms with E-state index in [1.54, 1.807) is 14.2 Å². The first-order chi connectivity index (χ1) is 10.7. The number of hydrogen-bond acceptors (Lipinski definition) is 5. The Bertz CT molecular complexity index is 493. The molecule has 1 aliphatic rings. The third kappa shape index (κ3) is 5.89. The SMILES string of the molecule is COc1ccc(CCCNC(=O)C2CNCCO2)cc1OC.Cl. The van der Waals surface area contributed by atoms with Gasteiger partial charge in [0.05, 0.1) is 20.8 Å². The Kier molecular flexibility index (Phi) is 8.76. The van der Waals surface area contributed by atoms with Gasteiger partial charge in [-0.2, -0.15) is 0 Å². The Balaban J connectivity index is 0.00000264. The molecule has 6 nitrogen and oxygen atoms in total. The normalized spacial score (nSPS) is 17.0. The summed E-state index contributed by atoms with van der Waals surface area (Å²) in [5.41, 5.74) is 1.16. The number of carbonyl (C=O) groups is 1. The fraction of sp³-hybridized carbons (Fsp3) is 0.562. The lowest BCUT2D eigenvalue weighted by Crippen LogP contribution is -2.48. The maximum absolute atomic E-state index is 11.9. The van der Waals surface area contributed by atoms with Crippen molar-refractivity contribution in [1.82, 2.24) is 10.6 Å². The third-order valence-corrected chi connectivity index (χ3v) is 3.61. The van der Waals surface area contributed by atoms with Gasteiger partial charge in [-0.15, -0.1) is 12.4 Å². The first-order valence-corrected chi connectivity index (χ1v) is 7.55. The van der Waals surface area contributed by atoms with Crippen molar-refractivity contribution in [1.29, 1.82) is 0 Å². The molecule has 1 atom stereocenters. The van der Waals surface area contributed by atoms with Gasteiger partial charge in [-0.25, -0.2) is 0 Å². The first-order valence-electron chi connectivity index (χ1n) is 7.55. The van der Waals surface area contributed by atoms with E-state index in [0.29, 0.717) is 19.7 Å². The van der Waals surface area contributed by atoms with Crippen molar-refractivity contribution in [2.45, 2.75) is 18.9 Å². The van der Waals surface area contributed by atoms with Crippen LogP contribution in [0.3, 0.4) is 0 Å². The van der Waals surface area contributed by atoms with Crippen molar-refractivity contribution in [3.63, 3.8) is 0 Å². The van der Waals surface area contributed by atoms with E-state index >= 15 is 0 Å². The van der Waals surface area contributed by atoms with Crippen LogP contribution in [0.5, 0.6) is 11.5 Å². The summed E-state index contributed by atoms with van der Waals surface area (Å²) in [5.74, 6) is 1.41. The van der Waals surface area contributed by atoms with Gasteiger partial charge in [0.1, 0.15) is 6.10 Å². The van der Waals surface area contributed by atoms with Crippen LogP contribution in [-0.4, -0.2) is 52.5 Å². The summed E-state index contributed by atoms with van der Waals surface area (Å²) in [6.07, 6.45) is 1.36. The van der Waals surface area contributed by atoms with Crippen LogP contribution >= 0.6 is 12.4 Å². The molecular weight excluding hydrogens is 320 g/mol. The molecule has 23 heavy (non-hydrogen) atoms. The monoisotopic (exact) mass is 344 g/mol. The molecule has 7 heteroatoms. The summed E-state index contributed by atoms with van der Waals surface area (Å²) in [6, 6.07) is 5.88. The van der Waals surface area contributed by atoms with E-state index in [9.17, 15) is 4.79 Å². The fourth-order valence-electron chi connectivity index (χ4n) is 2.39. The van der Waals surface area contributed by atoms with Crippen LogP contribution in [0.1, 0.15) is 12.0 Å². The summed E-state index contributed by atoms with van der Waals surface area (Å²) >= 11 is 0. The molecule has 0 aromatic heterocycles. The summed E-state index contributed by atoms with van der Waals surface area (Å²) in [6.45, 7) is 2.61. The van der Waals surface area contributed by atoms with E-state index in [1.807, 2.05) is 18.2 Å². The molecule has 1 fully saturated rings. The Hall–Kier alpha value is -1.50. The predicted octanol–water partition coefficient (Wildman–Crippen LogP) is 1.16. The van der Waals surface area contributed by atoms with Gasteiger partial charge in [-0.3, -0.25) is 4.79 Å². The van der Waals surface area contributed by atoms with Crippen LogP contribution in [-0.2, 0) is 16.0 Å². The minimum absolute atomic E-state index is 0. The van der Waals surface area contributed by atoms with E-state index in [1.165, 1.54) is 0 Å². The van der Waals surface area contributed by atoms with Gasteiger partial charge in [0.2, 0.25) is 5.91 Å². The van der Waals surface area contributed by atoms with Crippen molar-refractivity contribution in [2.24, 2.45) is 0 Å². The molecule has 1 heterocycles. The van der Waals surface area contributed by atoms with E-state index in [2.05, 4.69) is 10.6 Å². The average Bonchev–Trinajstić information content (AvgIpc) is 2.59. The van der Waals surface area contributed by atoms with Crippen LogP contribution in [0.4, 0.5) is 0 Å². The molecule has 0 saturated carbocycles. The second kappa shape index (κ2) is 10.3. The highest BCUT2D eigenvalue weighted by atomic mass is 35.5. The Labute approximate surface area is 143 Å². The van der Waals surface area contributed by atoms with Crippen molar-refractivity contribution in [2.75, 3.05) is 40.5 Å². The van der Waals surface area contributed by atoms with Crippen molar-refractivity contribution >= 4 is 18.3 Å². The number of carbonyl (C=O) groups excluding carboxylic acids is 1. The highest BCUT2D eigenvalue weighted by Gasteiger charge is 2.20. The van der Waals surface area contributed by atoms with Crippen LogP contribution in [0.2, 0.25) is 0 Å². The maximum Gasteiger partial charge on any atom is 0.250 e.